The quantitative estimate of drug-likeness (QED) is 0.865. The van der Waals surface area contributed by atoms with Crippen LogP contribution in [0.5, 0.6) is 5.75 Å². The van der Waals surface area contributed by atoms with Crippen molar-refractivity contribution in [1.29, 1.82) is 0 Å². The minimum Gasteiger partial charge on any atom is -0.491 e. The molecular formula is C17H26N2O. The van der Waals surface area contributed by atoms with E-state index in [1.165, 1.54) is 22.2 Å². The predicted molar refractivity (Wildman–Crippen MR) is 85.5 cm³/mol. The van der Waals surface area contributed by atoms with Crippen LogP contribution in [-0.4, -0.2) is 17.7 Å². The second-order valence-corrected chi connectivity index (χ2v) is 5.59. The Morgan fingerprint density at radius 3 is 2.65 bits per heavy atom. The summed E-state index contributed by atoms with van der Waals surface area (Å²) in [6, 6.07) is 6.45. The average Bonchev–Trinajstić information content (AvgIpc) is 2.64. The normalized spacial score (nSPS) is 11.5. The van der Waals surface area contributed by atoms with Crippen molar-refractivity contribution < 1.29 is 4.74 Å². The largest absolute Gasteiger partial charge is 0.491 e. The number of nitrogens with zero attached hydrogens (tertiary/aromatic N) is 1. The molecule has 2 rings (SSSR count). The van der Waals surface area contributed by atoms with Gasteiger partial charge in [-0.25, -0.2) is 0 Å². The van der Waals surface area contributed by atoms with Crippen LogP contribution < -0.4 is 10.1 Å². The molecule has 3 heteroatoms. The lowest BCUT2D eigenvalue weighted by atomic mass is 10.1. The fourth-order valence-corrected chi connectivity index (χ4v) is 2.79. The lowest BCUT2D eigenvalue weighted by Gasteiger charge is -2.10. The molecule has 1 N–H and O–H groups in total. The zero-order valence-corrected chi connectivity index (χ0v) is 13.3. The fraction of sp³-hybridized carbons (Fsp3) is 0.529. The molecule has 110 valence electrons. The second-order valence-electron chi connectivity index (χ2n) is 5.59. The van der Waals surface area contributed by atoms with Crippen LogP contribution in [0.25, 0.3) is 10.9 Å². The van der Waals surface area contributed by atoms with Crippen molar-refractivity contribution in [1.82, 2.24) is 9.88 Å². The van der Waals surface area contributed by atoms with Gasteiger partial charge in [0, 0.05) is 29.7 Å². The van der Waals surface area contributed by atoms with E-state index in [1.807, 2.05) is 7.05 Å². The van der Waals surface area contributed by atoms with Crippen molar-refractivity contribution in [3.8, 4) is 5.75 Å². The number of fused-ring (bicyclic) bond motifs is 1. The van der Waals surface area contributed by atoms with E-state index < -0.39 is 0 Å². The summed E-state index contributed by atoms with van der Waals surface area (Å²) in [4.78, 5) is 0. The van der Waals surface area contributed by atoms with E-state index in [0.29, 0.717) is 0 Å². The summed E-state index contributed by atoms with van der Waals surface area (Å²) in [6.07, 6.45) is 1.35. The molecule has 0 saturated carbocycles. The van der Waals surface area contributed by atoms with Gasteiger partial charge in [0.15, 0.2) is 0 Å². The molecule has 0 unspecified atom stereocenters. The molecular weight excluding hydrogens is 248 g/mol. The first kappa shape index (κ1) is 14.9. The summed E-state index contributed by atoms with van der Waals surface area (Å²) in [7, 11) is 2.00. The highest BCUT2D eigenvalue weighted by molar-refractivity contribution is 5.87. The maximum atomic E-state index is 5.83. The maximum Gasteiger partial charge on any atom is 0.120 e. The van der Waals surface area contributed by atoms with Crippen LogP contribution in [0.2, 0.25) is 0 Å². The third kappa shape index (κ3) is 2.83. The van der Waals surface area contributed by atoms with E-state index >= 15 is 0 Å². The number of hydrogen-bond donors (Lipinski definition) is 1. The lowest BCUT2D eigenvalue weighted by Crippen LogP contribution is -2.07. The predicted octanol–water partition coefficient (Wildman–Crippen LogP) is 3.87. The van der Waals surface area contributed by atoms with Gasteiger partial charge in [0.25, 0.3) is 0 Å². The second kappa shape index (κ2) is 6.31. The minimum absolute atomic E-state index is 0.207. The Balaban J connectivity index is 2.56. The SMILES string of the molecule is CCCn1c(C)c(CNC)c2cc(OC(C)C)ccc21. The van der Waals surface area contributed by atoms with E-state index in [1.54, 1.807) is 0 Å². The molecule has 0 fully saturated rings. The van der Waals surface area contributed by atoms with Crippen LogP contribution >= 0.6 is 0 Å². The van der Waals surface area contributed by atoms with Gasteiger partial charge in [0.2, 0.25) is 0 Å². The highest BCUT2D eigenvalue weighted by Gasteiger charge is 2.14. The number of ether oxygens (including phenoxy) is 1. The zero-order valence-electron chi connectivity index (χ0n) is 13.3. The number of nitrogens with one attached hydrogen (secondary N) is 1. The summed E-state index contributed by atoms with van der Waals surface area (Å²) in [5, 5.41) is 4.59. The van der Waals surface area contributed by atoms with Gasteiger partial charge in [-0.3, -0.25) is 0 Å². The summed E-state index contributed by atoms with van der Waals surface area (Å²) < 4.78 is 8.25. The smallest absolute Gasteiger partial charge is 0.120 e. The number of aryl methyl sites for hydroxylation is 1. The van der Waals surface area contributed by atoms with Gasteiger partial charge in [-0.05, 0) is 58.0 Å². The molecule has 0 spiro atoms. The van der Waals surface area contributed by atoms with Gasteiger partial charge < -0.3 is 14.6 Å². The molecule has 1 aromatic heterocycles. The third-order valence-electron chi connectivity index (χ3n) is 3.60. The Kier molecular flexibility index (Phi) is 4.71. The molecule has 0 saturated heterocycles. The van der Waals surface area contributed by atoms with Crippen LogP contribution in [0.3, 0.4) is 0 Å². The number of hydrogen-bond acceptors (Lipinski definition) is 2. The molecule has 0 amide bonds. The van der Waals surface area contributed by atoms with Gasteiger partial charge in [0.1, 0.15) is 5.75 Å². The molecule has 3 nitrogen and oxygen atoms in total. The van der Waals surface area contributed by atoms with Crippen molar-refractivity contribution in [2.24, 2.45) is 0 Å². The van der Waals surface area contributed by atoms with Crippen molar-refractivity contribution in [3.05, 3.63) is 29.5 Å². The monoisotopic (exact) mass is 274 g/mol. The molecule has 0 atom stereocenters. The minimum atomic E-state index is 0.207. The molecule has 0 radical (unpaired) electrons. The van der Waals surface area contributed by atoms with E-state index in [9.17, 15) is 0 Å². The van der Waals surface area contributed by atoms with Gasteiger partial charge in [-0.15, -0.1) is 0 Å². The van der Waals surface area contributed by atoms with Crippen molar-refractivity contribution in [2.75, 3.05) is 7.05 Å². The van der Waals surface area contributed by atoms with Crippen LogP contribution in [0.15, 0.2) is 18.2 Å². The van der Waals surface area contributed by atoms with Crippen LogP contribution in [0.4, 0.5) is 0 Å². The third-order valence-corrected chi connectivity index (χ3v) is 3.60. The number of benzene rings is 1. The fourth-order valence-electron chi connectivity index (χ4n) is 2.79. The topological polar surface area (TPSA) is 26.2 Å². The standard InChI is InChI=1S/C17H26N2O/c1-6-9-19-13(4)16(11-18-5)15-10-14(20-12(2)3)7-8-17(15)19/h7-8,10,12,18H,6,9,11H2,1-5H3. The molecule has 0 bridgehead atoms. The Bertz CT molecular complexity index is 584. The van der Waals surface area contributed by atoms with Crippen LogP contribution in [0.1, 0.15) is 38.4 Å². The number of rotatable bonds is 6. The summed E-state index contributed by atoms with van der Waals surface area (Å²) in [5.74, 6) is 0.957. The van der Waals surface area contributed by atoms with Crippen molar-refractivity contribution >= 4 is 10.9 Å². The van der Waals surface area contributed by atoms with Crippen molar-refractivity contribution in [2.45, 2.75) is 53.3 Å². The summed E-state index contributed by atoms with van der Waals surface area (Å²) in [6.45, 7) is 10.5. The average molecular weight is 274 g/mol. The van der Waals surface area contributed by atoms with Gasteiger partial charge in [0.05, 0.1) is 6.10 Å². The summed E-state index contributed by atoms with van der Waals surface area (Å²) in [5.41, 5.74) is 4.05. The Hall–Kier alpha value is -1.48. The van der Waals surface area contributed by atoms with E-state index in [0.717, 1.165) is 25.3 Å². The Morgan fingerprint density at radius 2 is 2.05 bits per heavy atom. The van der Waals surface area contributed by atoms with Gasteiger partial charge in [-0.1, -0.05) is 6.92 Å². The van der Waals surface area contributed by atoms with E-state index in [-0.39, 0.29) is 6.10 Å². The van der Waals surface area contributed by atoms with E-state index in [2.05, 4.69) is 55.8 Å². The maximum absolute atomic E-state index is 5.83. The first-order chi connectivity index (χ1) is 9.58. The van der Waals surface area contributed by atoms with Crippen molar-refractivity contribution in [3.63, 3.8) is 0 Å². The Morgan fingerprint density at radius 1 is 1.30 bits per heavy atom. The Labute approximate surface area is 121 Å². The molecule has 0 aliphatic carbocycles. The number of aromatic nitrogens is 1. The lowest BCUT2D eigenvalue weighted by molar-refractivity contribution is 0.243. The summed E-state index contributed by atoms with van der Waals surface area (Å²) >= 11 is 0. The van der Waals surface area contributed by atoms with Crippen LogP contribution in [0, 0.1) is 6.92 Å². The highest BCUT2D eigenvalue weighted by atomic mass is 16.5. The highest BCUT2D eigenvalue weighted by Crippen LogP contribution is 2.30. The molecule has 20 heavy (non-hydrogen) atoms. The molecule has 0 aliphatic rings. The molecule has 2 aromatic rings. The van der Waals surface area contributed by atoms with E-state index in [4.69, 9.17) is 4.74 Å². The van der Waals surface area contributed by atoms with Gasteiger partial charge in [-0.2, -0.15) is 0 Å². The van der Waals surface area contributed by atoms with Gasteiger partial charge >= 0.3 is 0 Å². The van der Waals surface area contributed by atoms with Crippen LogP contribution in [-0.2, 0) is 13.1 Å². The first-order valence-electron chi connectivity index (χ1n) is 7.51. The molecule has 0 aliphatic heterocycles. The zero-order chi connectivity index (χ0) is 14.7. The molecule has 1 heterocycles. The molecule has 1 aromatic carbocycles. The first-order valence-corrected chi connectivity index (χ1v) is 7.51.